The van der Waals surface area contributed by atoms with Crippen molar-refractivity contribution in [2.75, 3.05) is 40.4 Å². The first-order chi connectivity index (χ1) is 16.3. The van der Waals surface area contributed by atoms with Crippen LogP contribution in [0.3, 0.4) is 0 Å². The number of ether oxygens (including phenoxy) is 2. The highest BCUT2D eigenvalue weighted by atomic mass is 35.5. The molecule has 1 heterocycles. The molecule has 182 valence electrons. The van der Waals surface area contributed by atoms with Crippen molar-refractivity contribution in [2.24, 2.45) is 0 Å². The van der Waals surface area contributed by atoms with Gasteiger partial charge in [0.15, 0.2) is 11.5 Å². The molecule has 1 aliphatic rings. The maximum absolute atomic E-state index is 13.2. The zero-order chi connectivity index (χ0) is 24.8. The van der Waals surface area contributed by atoms with E-state index in [1.807, 2.05) is 32.8 Å². The van der Waals surface area contributed by atoms with E-state index in [1.54, 1.807) is 42.5 Å². The van der Waals surface area contributed by atoms with Gasteiger partial charge in [-0.3, -0.25) is 9.59 Å². The minimum Gasteiger partial charge on any atom is -0.507 e. The molecule has 0 radical (unpaired) electrons. The van der Waals surface area contributed by atoms with Crippen LogP contribution in [-0.2, 0) is 9.59 Å². The second-order valence-corrected chi connectivity index (χ2v) is 8.66. The summed E-state index contributed by atoms with van der Waals surface area (Å²) in [6.07, 6.45) is 0.673. The van der Waals surface area contributed by atoms with Gasteiger partial charge < -0.3 is 24.4 Å². The Labute approximate surface area is 205 Å². The standard InChI is InChI=1S/C26H31ClN2O5/c1-5-33-20-13-10-18(16-21(20)34-6-2)23-22(24(30)17-8-11-19(27)12-9-17)25(31)26(32)29(23)15-7-14-28(3)4/h8-13,16,23,30H,5-7,14-15H2,1-4H3/t23-/m0/s1. The minimum absolute atomic E-state index is 0.0452. The van der Waals surface area contributed by atoms with E-state index in [4.69, 9.17) is 21.1 Å². The molecule has 1 aliphatic heterocycles. The van der Waals surface area contributed by atoms with Gasteiger partial charge in [0, 0.05) is 17.1 Å². The average Bonchev–Trinajstić information content (AvgIpc) is 3.05. The van der Waals surface area contributed by atoms with Gasteiger partial charge in [0.25, 0.3) is 11.7 Å². The van der Waals surface area contributed by atoms with Crippen LogP contribution in [0.5, 0.6) is 11.5 Å². The number of hydrogen-bond acceptors (Lipinski definition) is 6. The fourth-order valence-electron chi connectivity index (χ4n) is 4.02. The molecule has 1 saturated heterocycles. The molecule has 0 unspecified atom stereocenters. The molecular formula is C26H31ClN2O5. The van der Waals surface area contributed by atoms with E-state index in [2.05, 4.69) is 0 Å². The first-order valence-electron chi connectivity index (χ1n) is 11.4. The number of benzene rings is 2. The van der Waals surface area contributed by atoms with E-state index in [-0.39, 0.29) is 11.3 Å². The lowest BCUT2D eigenvalue weighted by atomic mass is 9.95. The van der Waals surface area contributed by atoms with Crippen molar-refractivity contribution in [3.63, 3.8) is 0 Å². The third-order valence-corrected chi connectivity index (χ3v) is 5.80. The Bertz CT molecular complexity index is 1070. The summed E-state index contributed by atoms with van der Waals surface area (Å²) in [7, 11) is 3.90. The third-order valence-electron chi connectivity index (χ3n) is 5.55. The van der Waals surface area contributed by atoms with E-state index >= 15 is 0 Å². The van der Waals surface area contributed by atoms with E-state index in [1.165, 1.54) is 4.90 Å². The normalized spacial score (nSPS) is 17.5. The number of hydrogen-bond donors (Lipinski definition) is 1. The predicted molar refractivity (Wildman–Crippen MR) is 132 cm³/mol. The van der Waals surface area contributed by atoms with Gasteiger partial charge in [-0.05, 0) is 82.9 Å². The van der Waals surface area contributed by atoms with Crippen molar-refractivity contribution in [1.82, 2.24) is 9.80 Å². The van der Waals surface area contributed by atoms with Gasteiger partial charge in [0.2, 0.25) is 0 Å². The molecule has 2 aromatic carbocycles. The number of rotatable bonds is 10. The lowest BCUT2D eigenvalue weighted by Gasteiger charge is -2.26. The van der Waals surface area contributed by atoms with Gasteiger partial charge >= 0.3 is 0 Å². The summed E-state index contributed by atoms with van der Waals surface area (Å²) in [5, 5.41) is 11.7. The Balaban J connectivity index is 2.13. The smallest absolute Gasteiger partial charge is 0.295 e. The van der Waals surface area contributed by atoms with Crippen LogP contribution in [0.1, 0.15) is 37.4 Å². The van der Waals surface area contributed by atoms with Crippen molar-refractivity contribution in [2.45, 2.75) is 26.3 Å². The number of carbonyl (C=O) groups excluding carboxylic acids is 2. The molecular weight excluding hydrogens is 456 g/mol. The highest BCUT2D eigenvalue weighted by molar-refractivity contribution is 6.46. The molecule has 2 aromatic rings. The number of aliphatic hydroxyl groups is 1. The fourth-order valence-corrected chi connectivity index (χ4v) is 4.14. The molecule has 3 rings (SSSR count). The lowest BCUT2D eigenvalue weighted by molar-refractivity contribution is -0.139. The SMILES string of the molecule is CCOc1ccc([C@H]2C(=C(O)c3ccc(Cl)cc3)C(=O)C(=O)N2CCCN(C)C)cc1OCC. The second-order valence-electron chi connectivity index (χ2n) is 8.23. The van der Waals surface area contributed by atoms with Crippen LogP contribution in [0, 0.1) is 0 Å². The topological polar surface area (TPSA) is 79.3 Å². The number of amides is 1. The first-order valence-corrected chi connectivity index (χ1v) is 11.7. The van der Waals surface area contributed by atoms with Crippen LogP contribution in [-0.4, -0.2) is 67.0 Å². The van der Waals surface area contributed by atoms with Crippen molar-refractivity contribution in [3.05, 3.63) is 64.2 Å². The van der Waals surface area contributed by atoms with Crippen LogP contribution in [0.2, 0.25) is 5.02 Å². The Kier molecular flexibility index (Phi) is 8.58. The average molecular weight is 487 g/mol. The van der Waals surface area contributed by atoms with Crippen molar-refractivity contribution >= 4 is 29.1 Å². The summed E-state index contributed by atoms with van der Waals surface area (Å²) in [6.45, 7) is 5.77. The van der Waals surface area contributed by atoms with Gasteiger partial charge in [-0.2, -0.15) is 0 Å². The van der Waals surface area contributed by atoms with E-state index < -0.39 is 17.7 Å². The van der Waals surface area contributed by atoms with Gasteiger partial charge in [-0.25, -0.2) is 0 Å². The highest BCUT2D eigenvalue weighted by Gasteiger charge is 2.46. The number of ketones is 1. The monoisotopic (exact) mass is 486 g/mol. The molecule has 0 aromatic heterocycles. The van der Waals surface area contributed by atoms with Crippen LogP contribution in [0.25, 0.3) is 5.76 Å². The summed E-state index contributed by atoms with van der Waals surface area (Å²) in [4.78, 5) is 29.8. The molecule has 1 N–H and O–H groups in total. The van der Waals surface area contributed by atoms with Gasteiger partial charge in [-0.1, -0.05) is 17.7 Å². The largest absolute Gasteiger partial charge is 0.507 e. The molecule has 0 aliphatic carbocycles. The van der Waals surface area contributed by atoms with Crippen molar-refractivity contribution in [3.8, 4) is 11.5 Å². The zero-order valence-corrected chi connectivity index (χ0v) is 20.8. The van der Waals surface area contributed by atoms with Crippen molar-refractivity contribution < 1.29 is 24.2 Å². The number of Topliss-reactive ketones (excluding diaryl/α,β-unsaturated/α-hetero) is 1. The van der Waals surface area contributed by atoms with Crippen LogP contribution in [0.4, 0.5) is 0 Å². The molecule has 7 nitrogen and oxygen atoms in total. The molecule has 1 amide bonds. The highest BCUT2D eigenvalue weighted by Crippen LogP contribution is 2.42. The van der Waals surface area contributed by atoms with Crippen LogP contribution >= 0.6 is 11.6 Å². The Morgan fingerprint density at radius 3 is 2.29 bits per heavy atom. The van der Waals surface area contributed by atoms with Gasteiger partial charge in [-0.15, -0.1) is 0 Å². The second kappa shape index (κ2) is 11.4. The van der Waals surface area contributed by atoms with Gasteiger partial charge in [0.1, 0.15) is 5.76 Å². The van der Waals surface area contributed by atoms with Crippen LogP contribution in [0.15, 0.2) is 48.0 Å². The quantitative estimate of drug-likeness (QED) is 0.302. The molecule has 0 saturated carbocycles. The summed E-state index contributed by atoms with van der Waals surface area (Å²) >= 11 is 5.99. The Morgan fingerprint density at radius 1 is 1.03 bits per heavy atom. The maximum atomic E-state index is 13.2. The van der Waals surface area contributed by atoms with E-state index in [0.29, 0.717) is 53.8 Å². The number of halogens is 1. The molecule has 1 fully saturated rings. The van der Waals surface area contributed by atoms with E-state index in [9.17, 15) is 14.7 Å². The Hall–Kier alpha value is -3.03. The summed E-state index contributed by atoms with van der Waals surface area (Å²) < 4.78 is 11.4. The van der Waals surface area contributed by atoms with Crippen LogP contribution < -0.4 is 9.47 Å². The third kappa shape index (κ3) is 5.54. The summed E-state index contributed by atoms with van der Waals surface area (Å²) in [5.74, 6) is -0.482. The van der Waals surface area contributed by atoms with Crippen molar-refractivity contribution in [1.29, 1.82) is 0 Å². The summed E-state index contributed by atoms with van der Waals surface area (Å²) in [6, 6.07) is 11.1. The number of carbonyl (C=O) groups is 2. The summed E-state index contributed by atoms with van der Waals surface area (Å²) in [5.41, 5.74) is 1.12. The molecule has 1 atom stereocenters. The molecule has 34 heavy (non-hydrogen) atoms. The number of nitrogens with zero attached hydrogens (tertiary/aromatic N) is 2. The zero-order valence-electron chi connectivity index (χ0n) is 20.0. The molecule has 8 heteroatoms. The fraction of sp³-hybridized carbons (Fsp3) is 0.385. The number of likely N-dealkylation sites (tertiary alicyclic amines) is 1. The van der Waals surface area contributed by atoms with Gasteiger partial charge in [0.05, 0.1) is 24.8 Å². The first kappa shape index (κ1) is 25.6. The maximum Gasteiger partial charge on any atom is 0.295 e. The molecule has 0 bridgehead atoms. The number of aliphatic hydroxyl groups excluding tert-OH is 1. The predicted octanol–water partition coefficient (Wildman–Crippen LogP) is 4.51. The Morgan fingerprint density at radius 2 is 1.68 bits per heavy atom. The van der Waals surface area contributed by atoms with E-state index in [0.717, 1.165) is 6.54 Å². The molecule has 0 spiro atoms. The minimum atomic E-state index is -0.757. The lowest BCUT2D eigenvalue weighted by Crippen LogP contribution is -2.32.